The lowest BCUT2D eigenvalue weighted by molar-refractivity contribution is 0.685. The average molecular weight is 307 g/mol. The third kappa shape index (κ3) is 3.68. The van der Waals surface area contributed by atoms with E-state index < -0.39 is 0 Å². The highest BCUT2D eigenvalue weighted by atomic mass is 32.2. The van der Waals surface area contributed by atoms with Gasteiger partial charge in [0.25, 0.3) is 0 Å². The van der Waals surface area contributed by atoms with E-state index in [9.17, 15) is 0 Å². The summed E-state index contributed by atoms with van der Waals surface area (Å²) < 4.78 is 0.921. The van der Waals surface area contributed by atoms with Gasteiger partial charge in [-0.1, -0.05) is 17.4 Å². The van der Waals surface area contributed by atoms with Gasteiger partial charge in [0.15, 0.2) is 4.34 Å². The van der Waals surface area contributed by atoms with Crippen LogP contribution in [0.15, 0.2) is 27.7 Å². The molecule has 1 saturated carbocycles. The Labute approximate surface area is 126 Å². The minimum atomic E-state index is 0.731. The Morgan fingerprint density at radius 3 is 2.80 bits per heavy atom. The van der Waals surface area contributed by atoms with Gasteiger partial charge in [-0.2, -0.15) is 0 Å². The molecule has 2 aromatic rings. The molecular weight excluding hydrogens is 290 g/mol. The van der Waals surface area contributed by atoms with Crippen LogP contribution in [-0.4, -0.2) is 35.3 Å². The first-order valence-electron chi connectivity index (χ1n) is 6.58. The zero-order valence-corrected chi connectivity index (χ0v) is 13.2. The standard InChI is InChI=1S/C13H17N5S2/c1-18(2)12-16-17-13(20-12)19-11-6-3-9(8-15-11)7-14-10-4-5-10/h3,6,8,10,14H,4-5,7H2,1-2H3. The maximum Gasteiger partial charge on any atom is 0.208 e. The molecule has 1 N–H and O–H groups in total. The third-order valence-electron chi connectivity index (χ3n) is 2.94. The first-order chi connectivity index (χ1) is 9.70. The molecule has 0 spiro atoms. The number of anilines is 1. The molecule has 0 unspecified atom stereocenters. The lowest BCUT2D eigenvalue weighted by atomic mass is 10.3. The Morgan fingerprint density at radius 2 is 2.20 bits per heavy atom. The Kier molecular flexibility index (Phi) is 4.18. The van der Waals surface area contributed by atoms with E-state index in [-0.39, 0.29) is 0 Å². The van der Waals surface area contributed by atoms with Crippen molar-refractivity contribution in [2.75, 3.05) is 19.0 Å². The molecule has 20 heavy (non-hydrogen) atoms. The molecule has 0 atom stereocenters. The van der Waals surface area contributed by atoms with Gasteiger partial charge in [0.2, 0.25) is 5.13 Å². The number of hydrogen-bond acceptors (Lipinski definition) is 7. The molecule has 0 aliphatic heterocycles. The maximum atomic E-state index is 4.47. The van der Waals surface area contributed by atoms with Crippen LogP contribution in [0.1, 0.15) is 18.4 Å². The summed E-state index contributed by atoms with van der Waals surface area (Å²) in [7, 11) is 3.93. The number of nitrogens with zero attached hydrogens (tertiary/aromatic N) is 4. The van der Waals surface area contributed by atoms with Gasteiger partial charge in [-0.05, 0) is 36.2 Å². The van der Waals surface area contributed by atoms with Crippen molar-refractivity contribution in [1.29, 1.82) is 0 Å². The third-order valence-corrected chi connectivity index (χ3v) is 5.03. The fraction of sp³-hybridized carbons (Fsp3) is 0.462. The van der Waals surface area contributed by atoms with Crippen LogP contribution in [0.5, 0.6) is 0 Å². The van der Waals surface area contributed by atoms with Crippen LogP contribution in [0.2, 0.25) is 0 Å². The van der Waals surface area contributed by atoms with Gasteiger partial charge < -0.3 is 10.2 Å². The minimum Gasteiger partial charge on any atom is -0.353 e. The highest BCUT2D eigenvalue weighted by molar-refractivity contribution is 8.01. The predicted molar refractivity (Wildman–Crippen MR) is 82.5 cm³/mol. The Hall–Kier alpha value is -1.18. The summed E-state index contributed by atoms with van der Waals surface area (Å²) in [6, 6.07) is 4.90. The van der Waals surface area contributed by atoms with Crippen LogP contribution in [0, 0.1) is 0 Å². The molecule has 0 bridgehead atoms. The molecule has 0 radical (unpaired) electrons. The van der Waals surface area contributed by atoms with Gasteiger partial charge in [-0.3, -0.25) is 0 Å². The molecule has 0 saturated heterocycles. The van der Waals surface area contributed by atoms with E-state index in [0.29, 0.717) is 0 Å². The molecule has 0 amide bonds. The number of aromatic nitrogens is 3. The van der Waals surface area contributed by atoms with Crippen LogP contribution in [0.25, 0.3) is 0 Å². The van der Waals surface area contributed by atoms with E-state index >= 15 is 0 Å². The number of pyridine rings is 1. The second kappa shape index (κ2) is 6.07. The van der Waals surface area contributed by atoms with Gasteiger partial charge in [-0.15, -0.1) is 10.2 Å². The van der Waals surface area contributed by atoms with E-state index in [1.54, 1.807) is 23.1 Å². The van der Waals surface area contributed by atoms with E-state index in [4.69, 9.17) is 0 Å². The highest BCUT2D eigenvalue weighted by Crippen LogP contribution is 2.31. The zero-order chi connectivity index (χ0) is 13.9. The van der Waals surface area contributed by atoms with Crippen molar-refractivity contribution in [3.63, 3.8) is 0 Å². The summed E-state index contributed by atoms with van der Waals surface area (Å²) in [4.78, 5) is 6.43. The smallest absolute Gasteiger partial charge is 0.208 e. The van der Waals surface area contributed by atoms with Crippen molar-refractivity contribution in [3.8, 4) is 0 Å². The van der Waals surface area contributed by atoms with Gasteiger partial charge in [0.1, 0.15) is 5.03 Å². The monoisotopic (exact) mass is 307 g/mol. The van der Waals surface area contributed by atoms with Crippen LogP contribution >= 0.6 is 23.1 Å². The Balaban J connectivity index is 1.58. The number of rotatable bonds is 6. The van der Waals surface area contributed by atoms with E-state index in [2.05, 4.69) is 26.6 Å². The van der Waals surface area contributed by atoms with Crippen LogP contribution in [-0.2, 0) is 6.54 Å². The molecule has 5 nitrogen and oxygen atoms in total. The maximum absolute atomic E-state index is 4.47. The van der Waals surface area contributed by atoms with Crippen LogP contribution < -0.4 is 10.2 Å². The van der Waals surface area contributed by atoms with Gasteiger partial charge in [0.05, 0.1) is 0 Å². The topological polar surface area (TPSA) is 53.9 Å². The quantitative estimate of drug-likeness (QED) is 0.884. The molecule has 3 rings (SSSR count). The van der Waals surface area contributed by atoms with Crippen LogP contribution in [0.3, 0.4) is 0 Å². The normalized spacial score (nSPS) is 14.5. The van der Waals surface area contributed by atoms with Crippen molar-refractivity contribution in [3.05, 3.63) is 23.9 Å². The molecule has 106 valence electrons. The second-order valence-electron chi connectivity index (χ2n) is 5.01. The van der Waals surface area contributed by atoms with E-state index in [0.717, 1.165) is 27.1 Å². The fourth-order valence-corrected chi connectivity index (χ4v) is 3.29. The van der Waals surface area contributed by atoms with Crippen molar-refractivity contribution in [2.24, 2.45) is 0 Å². The summed E-state index contributed by atoms with van der Waals surface area (Å²) in [6.07, 6.45) is 4.56. The average Bonchev–Trinajstić information content (AvgIpc) is 3.15. The minimum absolute atomic E-state index is 0.731. The van der Waals surface area contributed by atoms with Crippen molar-refractivity contribution >= 4 is 28.2 Å². The second-order valence-corrected chi connectivity index (χ2v) is 7.23. The Bertz CT molecular complexity index is 562. The summed E-state index contributed by atoms with van der Waals surface area (Å²) in [5.41, 5.74) is 1.23. The number of nitrogens with one attached hydrogen (secondary N) is 1. The van der Waals surface area contributed by atoms with Gasteiger partial charge in [0, 0.05) is 32.9 Å². The van der Waals surface area contributed by atoms with E-state index in [1.807, 2.05) is 31.3 Å². The van der Waals surface area contributed by atoms with Crippen molar-refractivity contribution < 1.29 is 0 Å². The molecule has 1 aliphatic carbocycles. The zero-order valence-electron chi connectivity index (χ0n) is 11.5. The number of hydrogen-bond donors (Lipinski definition) is 1. The van der Waals surface area contributed by atoms with Gasteiger partial charge >= 0.3 is 0 Å². The molecule has 7 heteroatoms. The first kappa shape index (κ1) is 13.8. The predicted octanol–water partition coefficient (Wildman–Crippen LogP) is 2.40. The van der Waals surface area contributed by atoms with E-state index in [1.165, 1.54) is 18.4 Å². The summed E-state index contributed by atoms with van der Waals surface area (Å²) in [5.74, 6) is 0. The summed E-state index contributed by atoms with van der Waals surface area (Å²) in [6.45, 7) is 0.909. The Morgan fingerprint density at radius 1 is 1.35 bits per heavy atom. The fourth-order valence-electron chi connectivity index (χ4n) is 1.64. The molecule has 2 heterocycles. The van der Waals surface area contributed by atoms with Crippen molar-refractivity contribution in [1.82, 2.24) is 20.5 Å². The first-order valence-corrected chi connectivity index (χ1v) is 8.21. The lowest BCUT2D eigenvalue weighted by Crippen LogP contribution is -2.15. The largest absolute Gasteiger partial charge is 0.353 e. The summed E-state index contributed by atoms with van der Waals surface area (Å²) >= 11 is 3.13. The SMILES string of the molecule is CN(C)c1nnc(Sc2ccc(CNC3CC3)cn2)s1. The molecular formula is C13H17N5S2. The molecule has 2 aromatic heterocycles. The van der Waals surface area contributed by atoms with Gasteiger partial charge in [-0.25, -0.2) is 4.98 Å². The van der Waals surface area contributed by atoms with Crippen molar-refractivity contribution in [2.45, 2.75) is 34.8 Å². The van der Waals surface area contributed by atoms with Crippen LogP contribution in [0.4, 0.5) is 5.13 Å². The summed E-state index contributed by atoms with van der Waals surface area (Å²) in [5, 5.41) is 13.6. The molecule has 0 aromatic carbocycles. The lowest BCUT2D eigenvalue weighted by Gasteiger charge is -2.04. The molecule has 1 aliphatic rings. The molecule has 1 fully saturated rings. The highest BCUT2D eigenvalue weighted by Gasteiger charge is 2.19.